The Kier molecular flexibility index (Phi) is 5.03. The molecule has 29 heavy (non-hydrogen) atoms. The molecule has 2 aromatic carbocycles. The smallest absolute Gasteiger partial charge is 0.338 e. The van der Waals surface area contributed by atoms with E-state index in [0.29, 0.717) is 40.8 Å². The van der Waals surface area contributed by atoms with Crippen LogP contribution in [0.3, 0.4) is 0 Å². The minimum atomic E-state index is -0.531. The van der Waals surface area contributed by atoms with E-state index < -0.39 is 11.6 Å². The zero-order chi connectivity index (χ0) is 20.4. The van der Waals surface area contributed by atoms with Crippen LogP contribution in [0.4, 0.5) is 5.69 Å². The fourth-order valence-corrected chi connectivity index (χ4v) is 3.38. The highest BCUT2D eigenvalue weighted by Gasteiger charge is 2.21. The molecule has 1 amide bonds. The first-order valence-electron chi connectivity index (χ1n) is 9.23. The molecule has 7 heteroatoms. The first-order chi connectivity index (χ1) is 14.0. The van der Waals surface area contributed by atoms with Gasteiger partial charge < -0.3 is 18.8 Å². The van der Waals surface area contributed by atoms with Crippen LogP contribution in [0.15, 0.2) is 57.7 Å². The Balaban J connectivity index is 1.49. The summed E-state index contributed by atoms with van der Waals surface area (Å²) in [4.78, 5) is 37.8. The zero-order valence-electron chi connectivity index (χ0n) is 15.8. The maximum atomic E-state index is 12.4. The minimum Gasteiger partial charge on any atom is -0.497 e. The second kappa shape index (κ2) is 7.79. The molecule has 1 aliphatic rings. The number of methoxy groups -OCH3 is 1. The second-order valence-corrected chi connectivity index (χ2v) is 6.72. The summed E-state index contributed by atoms with van der Waals surface area (Å²) < 4.78 is 15.7. The molecule has 1 saturated heterocycles. The molecule has 148 valence electrons. The number of nitrogens with zero attached hydrogens (tertiary/aromatic N) is 1. The number of fused-ring (bicyclic) bond motifs is 1. The van der Waals surface area contributed by atoms with Crippen LogP contribution in [0.2, 0.25) is 0 Å². The number of hydrogen-bond donors (Lipinski definition) is 0. The molecular weight excluding hydrogens is 374 g/mol. The first kappa shape index (κ1) is 18.7. The molecule has 0 bridgehead atoms. The molecule has 0 spiro atoms. The summed E-state index contributed by atoms with van der Waals surface area (Å²) in [7, 11) is 1.52. The molecule has 4 rings (SSSR count). The Morgan fingerprint density at radius 3 is 2.59 bits per heavy atom. The van der Waals surface area contributed by atoms with Crippen LogP contribution in [-0.2, 0) is 16.1 Å². The predicted octanol–water partition coefficient (Wildman–Crippen LogP) is 3.29. The van der Waals surface area contributed by atoms with E-state index in [1.54, 1.807) is 47.4 Å². The molecule has 0 atom stereocenters. The summed E-state index contributed by atoms with van der Waals surface area (Å²) in [6, 6.07) is 13.1. The topological polar surface area (TPSA) is 86.0 Å². The first-order valence-corrected chi connectivity index (χ1v) is 9.23. The van der Waals surface area contributed by atoms with Crippen LogP contribution in [0.1, 0.15) is 28.8 Å². The van der Waals surface area contributed by atoms with Crippen LogP contribution in [0.5, 0.6) is 5.75 Å². The number of amides is 1. The van der Waals surface area contributed by atoms with Crippen LogP contribution in [-0.4, -0.2) is 25.5 Å². The summed E-state index contributed by atoms with van der Waals surface area (Å²) in [6.45, 7) is 0.622. The van der Waals surface area contributed by atoms with Crippen molar-refractivity contribution < 1.29 is 23.5 Å². The maximum absolute atomic E-state index is 12.4. The number of ether oxygens (including phenoxy) is 2. The number of carbonyl (C=O) groups is 2. The van der Waals surface area contributed by atoms with Crippen molar-refractivity contribution in [2.45, 2.75) is 19.4 Å². The number of carbonyl (C=O) groups excluding carboxylic acids is 2. The van der Waals surface area contributed by atoms with E-state index in [0.717, 1.165) is 12.1 Å². The molecule has 0 unspecified atom stereocenters. The van der Waals surface area contributed by atoms with Crippen molar-refractivity contribution in [2.24, 2.45) is 0 Å². The van der Waals surface area contributed by atoms with Crippen LogP contribution >= 0.6 is 0 Å². The number of anilines is 1. The lowest BCUT2D eigenvalue weighted by Crippen LogP contribution is -2.23. The molecule has 1 aromatic heterocycles. The lowest BCUT2D eigenvalue weighted by molar-refractivity contribution is -0.117. The average molecular weight is 393 g/mol. The van der Waals surface area contributed by atoms with Gasteiger partial charge in [0, 0.05) is 41.7 Å². The fraction of sp³-hybridized carbons (Fsp3) is 0.227. The van der Waals surface area contributed by atoms with Crippen molar-refractivity contribution in [1.82, 2.24) is 0 Å². The van der Waals surface area contributed by atoms with E-state index in [4.69, 9.17) is 13.9 Å². The van der Waals surface area contributed by atoms with Crippen LogP contribution < -0.4 is 15.3 Å². The van der Waals surface area contributed by atoms with E-state index in [9.17, 15) is 14.4 Å². The summed E-state index contributed by atoms with van der Waals surface area (Å²) in [6.07, 6.45) is 1.39. The Labute approximate surface area is 166 Å². The Bertz CT molecular complexity index is 1130. The normalized spacial score (nSPS) is 13.7. The highest BCUT2D eigenvalue weighted by atomic mass is 16.5. The molecule has 0 N–H and O–H groups in total. The van der Waals surface area contributed by atoms with Gasteiger partial charge >= 0.3 is 11.6 Å². The maximum Gasteiger partial charge on any atom is 0.338 e. The third kappa shape index (κ3) is 3.85. The summed E-state index contributed by atoms with van der Waals surface area (Å²) in [5.41, 5.74) is 1.52. The quantitative estimate of drug-likeness (QED) is 0.488. The molecule has 0 aliphatic carbocycles. The van der Waals surface area contributed by atoms with E-state index in [1.165, 1.54) is 13.2 Å². The van der Waals surface area contributed by atoms with Gasteiger partial charge in [-0.3, -0.25) is 4.79 Å². The van der Waals surface area contributed by atoms with Crippen LogP contribution in [0, 0.1) is 0 Å². The number of rotatable bonds is 5. The van der Waals surface area contributed by atoms with E-state index in [2.05, 4.69) is 0 Å². The van der Waals surface area contributed by atoms with Gasteiger partial charge in [0.15, 0.2) is 0 Å². The van der Waals surface area contributed by atoms with Crippen molar-refractivity contribution in [3.05, 3.63) is 70.1 Å². The van der Waals surface area contributed by atoms with Gasteiger partial charge in [0.1, 0.15) is 17.9 Å². The monoisotopic (exact) mass is 393 g/mol. The number of hydrogen-bond acceptors (Lipinski definition) is 6. The molecule has 1 aliphatic heterocycles. The van der Waals surface area contributed by atoms with Gasteiger partial charge in [0.05, 0.1) is 12.7 Å². The van der Waals surface area contributed by atoms with Gasteiger partial charge in [-0.2, -0.15) is 0 Å². The highest BCUT2D eigenvalue weighted by molar-refractivity contribution is 5.96. The summed E-state index contributed by atoms with van der Waals surface area (Å²) in [5.74, 6) is 0.136. The molecule has 7 nitrogen and oxygen atoms in total. The number of benzene rings is 2. The van der Waals surface area contributed by atoms with Crippen molar-refractivity contribution in [1.29, 1.82) is 0 Å². The van der Waals surface area contributed by atoms with Gasteiger partial charge in [0.25, 0.3) is 0 Å². The van der Waals surface area contributed by atoms with E-state index in [-0.39, 0.29) is 12.5 Å². The third-order valence-electron chi connectivity index (χ3n) is 4.88. The second-order valence-electron chi connectivity index (χ2n) is 6.72. The largest absolute Gasteiger partial charge is 0.497 e. The highest BCUT2D eigenvalue weighted by Crippen LogP contribution is 2.24. The molecule has 3 aromatic rings. The summed E-state index contributed by atoms with van der Waals surface area (Å²) in [5, 5.41) is 0.668. The van der Waals surface area contributed by atoms with Crippen molar-refractivity contribution in [3.8, 4) is 5.75 Å². The zero-order valence-corrected chi connectivity index (χ0v) is 15.8. The standard InChI is InChI=1S/C22H19NO6/c1-27-17-8-9-18-15(11-21(25)29-19(18)12-17)13-28-22(26)14-4-6-16(7-5-14)23-10-2-3-20(23)24/h4-9,11-12H,2-3,10,13H2,1H3. The van der Waals surface area contributed by atoms with Gasteiger partial charge in [-0.05, 0) is 42.8 Å². The Morgan fingerprint density at radius 2 is 1.90 bits per heavy atom. The van der Waals surface area contributed by atoms with Crippen molar-refractivity contribution >= 4 is 28.5 Å². The minimum absolute atomic E-state index is 0.0698. The Morgan fingerprint density at radius 1 is 1.10 bits per heavy atom. The van der Waals surface area contributed by atoms with E-state index in [1.807, 2.05) is 0 Å². The molecule has 2 heterocycles. The lowest BCUT2D eigenvalue weighted by atomic mass is 10.1. The SMILES string of the molecule is COc1ccc2c(COC(=O)c3ccc(N4CCCC4=O)cc3)cc(=O)oc2c1. The van der Waals surface area contributed by atoms with Gasteiger partial charge in [-0.25, -0.2) is 9.59 Å². The molecule has 1 fully saturated rings. The fourth-order valence-electron chi connectivity index (χ4n) is 3.38. The predicted molar refractivity (Wildman–Crippen MR) is 106 cm³/mol. The van der Waals surface area contributed by atoms with Gasteiger partial charge in [-0.1, -0.05) is 0 Å². The molecule has 0 saturated carbocycles. The average Bonchev–Trinajstić information content (AvgIpc) is 3.17. The molecule has 0 radical (unpaired) electrons. The van der Waals surface area contributed by atoms with Gasteiger partial charge in [0.2, 0.25) is 5.91 Å². The van der Waals surface area contributed by atoms with Gasteiger partial charge in [-0.15, -0.1) is 0 Å². The lowest BCUT2D eigenvalue weighted by Gasteiger charge is -2.15. The van der Waals surface area contributed by atoms with Crippen molar-refractivity contribution in [2.75, 3.05) is 18.6 Å². The van der Waals surface area contributed by atoms with Crippen LogP contribution in [0.25, 0.3) is 11.0 Å². The van der Waals surface area contributed by atoms with Crippen molar-refractivity contribution in [3.63, 3.8) is 0 Å². The van der Waals surface area contributed by atoms with E-state index >= 15 is 0 Å². The summed E-state index contributed by atoms with van der Waals surface area (Å²) >= 11 is 0. The Hall–Kier alpha value is -3.61. The number of esters is 1. The molecular formula is C22H19NO6. The third-order valence-corrected chi connectivity index (χ3v) is 4.88.